The van der Waals surface area contributed by atoms with E-state index >= 15 is 0 Å². The zero-order valence-corrected chi connectivity index (χ0v) is 7.47. The van der Waals surface area contributed by atoms with Crippen LogP contribution in [0.1, 0.15) is 30.6 Å². The molecule has 0 spiro atoms. The van der Waals surface area contributed by atoms with Crippen LogP contribution in [0.5, 0.6) is 0 Å². The smallest absolute Gasteiger partial charge is 0.111 e. The van der Waals surface area contributed by atoms with Gasteiger partial charge in [0.15, 0.2) is 0 Å². The molecule has 2 heteroatoms. The minimum absolute atomic E-state index is 0.189. The summed E-state index contributed by atoms with van der Waals surface area (Å²) in [4.78, 5) is 0. The number of furan rings is 1. The topological polar surface area (TPSA) is 39.2 Å². The third-order valence-corrected chi connectivity index (χ3v) is 2.95. The van der Waals surface area contributed by atoms with Gasteiger partial charge < -0.3 is 10.2 Å². The molecule has 0 amide bonds. The van der Waals surface area contributed by atoms with Crippen LogP contribution in [0.2, 0.25) is 0 Å². The third kappa shape index (κ3) is 0.985. The summed E-state index contributed by atoms with van der Waals surface area (Å²) < 4.78 is 5.48. The highest BCUT2D eigenvalue weighted by atomic mass is 16.3. The fourth-order valence-electron chi connectivity index (χ4n) is 1.86. The first-order valence-electron chi connectivity index (χ1n) is 4.52. The van der Waals surface area contributed by atoms with Crippen molar-refractivity contribution in [3.05, 3.63) is 23.7 Å². The first-order chi connectivity index (χ1) is 5.77. The number of rotatable bonds is 2. The summed E-state index contributed by atoms with van der Waals surface area (Å²) in [5.74, 6) is 1.09. The number of hydrogen-bond acceptors (Lipinski definition) is 2. The molecular formula is C10H15NO. The molecule has 0 atom stereocenters. The summed E-state index contributed by atoms with van der Waals surface area (Å²) in [6.07, 6.45) is 5.48. The molecule has 0 radical (unpaired) electrons. The highest BCUT2D eigenvalue weighted by Crippen LogP contribution is 2.43. The lowest BCUT2D eigenvalue weighted by atomic mass is 9.67. The van der Waals surface area contributed by atoms with Crippen LogP contribution in [-0.4, -0.2) is 6.54 Å². The van der Waals surface area contributed by atoms with E-state index in [1.165, 1.54) is 24.8 Å². The summed E-state index contributed by atoms with van der Waals surface area (Å²) in [5, 5.41) is 0. The molecule has 66 valence electrons. The van der Waals surface area contributed by atoms with Gasteiger partial charge >= 0.3 is 0 Å². The quantitative estimate of drug-likeness (QED) is 0.727. The van der Waals surface area contributed by atoms with Crippen molar-refractivity contribution in [3.63, 3.8) is 0 Å². The van der Waals surface area contributed by atoms with Gasteiger partial charge in [0.2, 0.25) is 0 Å². The summed E-state index contributed by atoms with van der Waals surface area (Å²) in [5.41, 5.74) is 7.14. The van der Waals surface area contributed by atoms with Crippen LogP contribution in [0.15, 0.2) is 16.7 Å². The summed E-state index contributed by atoms with van der Waals surface area (Å²) in [7, 11) is 0. The third-order valence-electron chi connectivity index (χ3n) is 2.95. The Morgan fingerprint density at radius 1 is 1.58 bits per heavy atom. The van der Waals surface area contributed by atoms with Gasteiger partial charge in [-0.1, -0.05) is 6.42 Å². The van der Waals surface area contributed by atoms with Crippen molar-refractivity contribution in [1.82, 2.24) is 0 Å². The van der Waals surface area contributed by atoms with E-state index < -0.39 is 0 Å². The highest BCUT2D eigenvalue weighted by Gasteiger charge is 2.39. The number of hydrogen-bond donors (Lipinski definition) is 1. The second kappa shape index (κ2) is 2.63. The van der Waals surface area contributed by atoms with Gasteiger partial charge in [-0.2, -0.15) is 0 Å². The predicted molar refractivity (Wildman–Crippen MR) is 48.0 cm³/mol. The SMILES string of the molecule is Cc1coc(C2(CN)CCC2)c1. The van der Waals surface area contributed by atoms with Gasteiger partial charge in [0, 0.05) is 12.0 Å². The standard InChI is InChI=1S/C10H15NO/c1-8-5-9(12-6-8)10(7-11)3-2-4-10/h5-6H,2-4,7,11H2,1H3. The Hall–Kier alpha value is -0.760. The first kappa shape index (κ1) is 7.87. The van der Waals surface area contributed by atoms with Crippen molar-refractivity contribution in [3.8, 4) is 0 Å². The van der Waals surface area contributed by atoms with Crippen molar-refractivity contribution in [1.29, 1.82) is 0 Å². The minimum Gasteiger partial charge on any atom is -0.468 e. The maximum Gasteiger partial charge on any atom is 0.111 e. The fourth-order valence-corrected chi connectivity index (χ4v) is 1.86. The molecular weight excluding hydrogens is 150 g/mol. The lowest BCUT2D eigenvalue weighted by Crippen LogP contribution is -2.41. The number of nitrogens with two attached hydrogens (primary N) is 1. The van der Waals surface area contributed by atoms with E-state index in [1.807, 2.05) is 6.26 Å². The first-order valence-corrected chi connectivity index (χ1v) is 4.52. The largest absolute Gasteiger partial charge is 0.468 e. The number of aryl methyl sites for hydroxylation is 1. The molecule has 0 bridgehead atoms. The highest BCUT2D eigenvalue weighted by molar-refractivity contribution is 5.22. The van der Waals surface area contributed by atoms with Crippen LogP contribution >= 0.6 is 0 Å². The zero-order valence-electron chi connectivity index (χ0n) is 7.47. The summed E-state index contributed by atoms with van der Waals surface area (Å²) in [6.45, 7) is 2.77. The van der Waals surface area contributed by atoms with Crippen molar-refractivity contribution in [2.45, 2.75) is 31.6 Å². The van der Waals surface area contributed by atoms with Gasteiger partial charge in [-0.25, -0.2) is 0 Å². The average molecular weight is 165 g/mol. The molecule has 1 heterocycles. The van der Waals surface area contributed by atoms with Gasteiger partial charge in [0.25, 0.3) is 0 Å². The molecule has 2 nitrogen and oxygen atoms in total. The van der Waals surface area contributed by atoms with Crippen molar-refractivity contribution >= 4 is 0 Å². The van der Waals surface area contributed by atoms with Gasteiger partial charge in [0.1, 0.15) is 5.76 Å². The van der Waals surface area contributed by atoms with E-state index in [0.29, 0.717) is 0 Å². The maximum atomic E-state index is 5.75. The molecule has 0 saturated heterocycles. The molecule has 0 aliphatic heterocycles. The Labute approximate surface area is 72.7 Å². The van der Waals surface area contributed by atoms with Gasteiger partial charge in [-0.3, -0.25) is 0 Å². The van der Waals surface area contributed by atoms with E-state index in [0.717, 1.165) is 12.3 Å². The van der Waals surface area contributed by atoms with E-state index in [2.05, 4.69) is 13.0 Å². The molecule has 1 saturated carbocycles. The monoisotopic (exact) mass is 165 g/mol. The van der Waals surface area contributed by atoms with Gasteiger partial charge in [0.05, 0.1) is 6.26 Å². The van der Waals surface area contributed by atoms with E-state index in [9.17, 15) is 0 Å². The van der Waals surface area contributed by atoms with Crippen LogP contribution in [0.3, 0.4) is 0 Å². The van der Waals surface area contributed by atoms with Crippen molar-refractivity contribution < 1.29 is 4.42 Å². The second-order valence-corrected chi connectivity index (χ2v) is 3.83. The molecule has 1 aliphatic rings. The molecule has 1 aromatic rings. The van der Waals surface area contributed by atoms with Gasteiger partial charge in [-0.05, 0) is 31.4 Å². The molecule has 1 fully saturated rings. The van der Waals surface area contributed by atoms with E-state index in [-0.39, 0.29) is 5.41 Å². The second-order valence-electron chi connectivity index (χ2n) is 3.83. The molecule has 0 aromatic carbocycles. The molecule has 2 N–H and O–H groups in total. The Bertz CT molecular complexity index is 268. The molecule has 1 aliphatic carbocycles. The summed E-state index contributed by atoms with van der Waals surface area (Å²) >= 11 is 0. The van der Waals surface area contributed by atoms with E-state index in [1.54, 1.807) is 0 Å². The van der Waals surface area contributed by atoms with Gasteiger partial charge in [-0.15, -0.1) is 0 Å². The molecule has 2 rings (SSSR count). The van der Waals surface area contributed by atoms with Crippen LogP contribution < -0.4 is 5.73 Å². The zero-order chi connectivity index (χ0) is 8.60. The van der Waals surface area contributed by atoms with Crippen LogP contribution in [0.25, 0.3) is 0 Å². The predicted octanol–water partition coefficient (Wildman–Crippen LogP) is 1.97. The van der Waals surface area contributed by atoms with Crippen LogP contribution in [-0.2, 0) is 5.41 Å². The Morgan fingerprint density at radius 3 is 2.67 bits per heavy atom. The molecule has 12 heavy (non-hydrogen) atoms. The lowest BCUT2D eigenvalue weighted by Gasteiger charge is -2.38. The Balaban J connectivity index is 2.27. The molecule has 0 unspecified atom stereocenters. The Morgan fingerprint density at radius 2 is 2.33 bits per heavy atom. The van der Waals surface area contributed by atoms with Crippen LogP contribution in [0, 0.1) is 6.92 Å². The van der Waals surface area contributed by atoms with Crippen molar-refractivity contribution in [2.24, 2.45) is 5.73 Å². The minimum atomic E-state index is 0.189. The van der Waals surface area contributed by atoms with Crippen molar-refractivity contribution in [2.75, 3.05) is 6.54 Å². The lowest BCUT2D eigenvalue weighted by molar-refractivity contribution is 0.208. The normalized spacial score (nSPS) is 20.5. The van der Waals surface area contributed by atoms with E-state index in [4.69, 9.17) is 10.2 Å². The maximum absolute atomic E-state index is 5.75. The molecule has 1 aromatic heterocycles. The summed E-state index contributed by atoms with van der Waals surface area (Å²) in [6, 6.07) is 2.12. The fraction of sp³-hybridized carbons (Fsp3) is 0.600. The average Bonchev–Trinajstić information content (AvgIpc) is 2.35. The van der Waals surface area contributed by atoms with Crippen LogP contribution in [0.4, 0.5) is 0 Å². The Kier molecular flexibility index (Phi) is 1.72.